The van der Waals surface area contributed by atoms with Crippen molar-refractivity contribution in [2.24, 2.45) is 0 Å². The van der Waals surface area contributed by atoms with Crippen LogP contribution in [0, 0.1) is 0 Å². The zero-order valence-corrected chi connectivity index (χ0v) is 9.46. The van der Waals surface area contributed by atoms with Crippen LogP contribution < -0.4 is 5.43 Å². The van der Waals surface area contributed by atoms with E-state index in [0.717, 1.165) is 5.01 Å². The number of nitrogens with zero attached hydrogens (tertiary/aromatic N) is 1. The molecule has 0 aromatic rings. The van der Waals surface area contributed by atoms with Gasteiger partial charge in [0.15, 0.2) is 0 Å². The van der Waals surface area contributed by atoms with Gasteiger partial charge >= 0.3 is 0 Å². The third kappa shape index (κ3) is 4.04. The summed E-state index contributed by atoms with van der Waals surface area (Å²) in [6.07, 6.45) is 0.294. The number of rotatable bonds is 4. The van der Waals surface area contributed by atoms with Gasteiger partial charge < -0.3 is 10.2 Å². The molecule has 14 heavy (non-hydrogen) atoms. The molecular weight excluding hydrogens is 184 g/mol. The Morgan fingerprint density at radius 3 is 1.79 bits per heavy atom. The highest BCUT2D eigenvalue weighted by Gasteiger charge is 2.36. The average molecular weight is 204 g/mol. The Bertz CT molecular complexity index is 189. The van der Waals surface area contributed by atoms with Crippen molar-refractivity contribution in [1.29, 1.82) is 0 Å². The molecular formula is C9H20N2O3. The van der Waals surface area contributed by atoms with Gasteiger partial charge in [0.25, 0.3) is 0 Å². The molecule has 5 nitrogen and oxygen atoms in total. The van der Waals surface area contributed by atoms with E-state index in [9.17, 15) is 15.0 Å². The number of hydrazine groups is 1. The molecule has 0 aromatic heterocycles. The topological polar surface area (TPSA) is 72.8 Å². The van der Waals surface area contributed by atoms with Gasteiger partial charge in [0.1, 0.15) is 11.4 Å². The van der Waals surface area contributed by atoms with Crippen LogP contribution in [0.25, 0.3) is 0 Å². The predicted octanol–water partition coefficient (Wildman–Crippen LogP) is 0.186. The quantitative estimate of drug-likeness (QED) is 0.451. The molecule has 0 rings (SSSR count). The van der Waals surface area contributed by atoms with Crippen LogP contribution in [0.1, 0.15) is 41.0 Å². The fourth-order valence-electron chi connectivity index (χ4n) is 1.15. The highest BCUT2D eigenvalue weighted by molar-refractivity contribution is 5.75. The van der Waals surface area contributed by atoms with Crippen LogP contribution in [-0.4, -0.2) is 32.6 Å². The summed E-state index contributed by atoms with van der Waals surface area (Å²) in [5, 5.41) is 20.5. The van der Waals surface area contributed by atoms with Crippen LogP contribution in [0.3, 0.4) is 0 Å². The summed E-state index contributed by atoms with van der Waals surface area (Å²) < 4.78 is 0. The fourth-order valence-corrected chi connectivity index (χ4v) is 1.15. The first-order valence-electron chi connectivity index (χ1n) is 4.63. The zero-order chi connectivity index (χ0) is 11.6. The molecule has 0 aliphatic carbocycles. The maximum atomic E-state index is 11.1. The maximum absolute atomic E-state index is 11.1. The Balaban J connectivity index is 4.68. The van der Waals surface area contributed by atoms with Crippen molar-refractivity contribution < 1.29 is 15.0 Å². The van der Waals surface area contributed by atoms with E-state index in [-0.39, 0.29) is 5.91 Å². The molecule has 3 N–H and O–H groups in total. The maximum Gasteiger partial charge on any atom is 0.234 e. The van der Waals surface area contributed by atoms with Gasteiger partial charge in [-0.3, -0.25) is 10.2 Å². The molecule has 0 saturated carbocycles. The lowest BCUT2D eigenvalue weighted by atomic mass is 10.2. The molecule has 0 saturated heterocycles. The van der Waals surface area contributed by atoms with Gasteiger partial charge in [0.05, 0.1) is 0 Å². The fraction of sp³-hybridized carbons (Fsp3) is 0.889. The Labute approximate surface area is 84.7 Å². The van der Waals surface area contributed by atoms with E-state index in [4.69, 9.17) is 0 Å². The Hall–Kier alpha value is -0.650. The lowest BCUT2D eigenvalue weighted by Crippen LogP contribution is -2.63. The molecule has 1 amide bonds. The standard InChI is InChI=1S/C9H20N2O3/c1-6-7(12)10-11(8(2,3)13)9(4,5)14/h13-14H,6H2,1-5H3,(H,10,12). The second kappa shape index (κ2) is 4.25. The average Bonchev–Trinajstić information content (AvgIpc) is 1.95. The van der Waals surface area contributed by atoms with Crippen molar-refractivity contribution in [1.82, 2.24) is 10.4 Å². The molecule has 0 aliphatic rings. The SMILES string of the molecule is CCC(=O)NN(C(C)(C)O)C(C)(C)O. The van der Waals surface area contributed by atoms with Gasteiger partial charge in [-0.2, -0.15) is 5.01 Å². The number of nitrogens with one attached hydrogen (secondary N) is 1. The lowest BCUT2D eigenvalue weighted by Gasteiger charge is -2.41. The summed E-state index contributed by atoms with van der Waals surface area (Å²) in [5.74, 6) is -0.255. The van der Waals surface area contributed by atoms with Crippen molar-refractivity contribution in [3.05, 3.63) is 0 Å². The van der Waals surface area contributed by atoms with E-state index >= 15 is 0 Å². The van der Waals surface area contributed by atoms with Crippen molar-refractivity contribution in [2.75, 3.05) is 0 Å². The smallest absolute Gasteiger partial charge is 0.234 e. The second-order valence-electron chi connectivity index (χ2n) is 4.21. The minimum atomic E-state index is -1.32. The van der Waals surface area contributed by atoms with Crippen LogP contribution in [0.4, 0.5) is 0 Å². The molecule has 0 radical (unpaired) electrons. The van der Waals surface area contributed by atoms with Crippen LogP contribution in [0.15, 0.2) is 0 Å². The third-order valence-corrected chi connectivity index (χ3v) is 1.65. The van der Waals surface area contributed by atoms with Crippen molar-refractivity contribution in [3.8, 4) is 0 Å². The second-order valence-corrected chi connectivity index (χ2v) is 4.21. The van der Waals surface area contributed by atoms with Crippen LogP contribution in [0.5, 0.6) is 0 Å². The molecule has 0 spiro atoms. The minimum absolute atomic E-state index is 0.255. The van der Waals surface area contributed by atoms with Crippen LogP contribution in [0.2, 0.25) is 0 Å². The number of hydrogen-bond donors (Lipinski definition) is 3. The van der Waals surface area contributed by atoms with Gasteiger partial charge in [0.2, 0.25) is 5.91 Å². The highest BCUT2D eigenvalue weighted by atomic mass is 16.4. The first-order chi connectivity index (χ1) is 6.09. The number of amides is 1. The zero-order valence-electron chi connectivity index (χ0n) is 9.46. The Morgan fingerprint density at radius 1 is 1.21 bits per heavy atom. The molecule has 0 aromatic carbocycles. The molecule has 0 fully saturated rings. The number of carbonyl (C=O) groups excluding carboxylic acids is 1. The van der Waals surface area contributed by atoms with E-state index in [1.807, 2.05) is 0 Å². The first-order valence-corrected chi connectivity index (χ1v) is 4.63. The van der Waals surface area contributed by atoms with Gasteiger partial charge in [0, 0.05) is 6.42 Å². The summed E-state index contributed by atoms with van der Waals surface area (Å²) in [7, 11) is 0. The van der Waals surface area contributed by atoms with Gasteiger partial charge in [-0.1, -0.05) is 6.92 Å². The van der Waals surface area contributed by atoms with E-state index in [1.54, 1.807) is 6.92 Å². The van der Waals surface area contributed by atoms with Crippen LogP contribution in [-0.2, 0) is 4.79 Å². The van der Waals surface area contributed by atoms with Crippen LogP contribution >= 0.6 is 0 Å². The number of carbonyl (C=O) groups is 1. The highest BCUT2D eigenvalue weighted by Crippen LogP contribution is 2.18. The monoisotopic (exact) mass is 204 g/mol. The molecule has 0 bridgehead atoms. The van der Waals surface area contributed by atoms with E-state index in [2.05, 4.69) is 5.43 Å². The molecule has 0 atom stereocenters. The first kappa shape index (κ1) is 13.4. The minimum Gasteiger partial charge on any atom is -0.374 e. The Morgan fingerprint density at radius 2 is 1.57 bits per heavy atom. The molecule has 84 valence electrons. The largest absolute Gasteiger partial charge is 0.374 e. The third-order valence-electron chi connectivity index (χ3n) is 1.65. The van der Waals surface area contributed by atoms with Gasteiger partial charge in [-0.05, 0) is 27.7 Å². The summed E-state index contributed by atoms with van der Waals surface area (Å²) in [6.45, 7) is 7.64. The molecule has 5 heteroatoms. The van der Waals surface area contributed by atoms with E-state index < -0.39 is 11.4 Å². The summed E-state index contributed by atoms with van der Waals surface area (Å²) in [6, 6.07) is 0. The summed E-state index contributed by atoms with van der Waals surface area (Å²) in [5.41, 5.74) is -0.192. The van der Waals surface area contributed by atoms with Crippen molar-refractivity contribution in [2.45, 2.75) is 52.5 Å². The summed E-state index contributed by atoms with van der Waals surface area (Å²) >= 11 is 0. The lowest BCUT2D eigenvalue weighted by molar-refractivity contribution is -0.226. The van der Waals surface area contributed by atoms with Crippen molar-refractivity contribution >= 4 is 5.91 Å². The molecule has 0 heterocycles. The van der Waals surface area contributed by atoms with Gasteiger partial charge in [-0.25, -0.2) is 0 Å². The Kier molecular flexibility index (Phi) is 4.05. The van der Waals surface area contributed by atoms with E-state index in [1.165, 1.54) is 27.7 Å². The van der Waals surface area contributed by atoms with E-state index in [0.29, 0.717) is 6.42 Å². The predicted molar refractivity (Wildman–Crippen MR) is 52.9 cm³/mol. The number of aliphatic hydroxyl groups is 2. The molecule has 0 aliphatic heterocycles. The number of hydrogen-bond acceptors (Lipinski definition) is 4. The van der Waals surface area contributed by atoms with Crippen molar-refractivity contribution in [3.63, 3.8) is 0 Å². The normalized spacial score (nSPS) is 13.1. The van der Waals surface area contributed by atoms with Gasteiger partial charge in [-0.15, -0.1) is 0 Å². The summed E-state index contributed by atoms with van der Waals surface area (Å²) in [4.78, 5) is 11.1. The molecule has 0 unspecified atom stereocenters.